The van der Waals surface area contributed by atoms with Crippen molar-refractivity contribution in [1.82, 2.24) is 4.98 Å². The molecule has 0 amide bonds. The van der Waals surface area contributed by atoms with Gasteiger partial charge >= 0.3 is 0 Å². The fourth-order valence-electron chi connectivity index (χ4n) is 1.60. The van der Waals surface area contributed by atoms with Gasteiger partial charge in [-0.25, -0.2) is 13.4 Å². The van der Waals surface area contributed by atoms with Crippen molar-refractivity contribution in [3.05, 3.63) is 46.0 Å². The van der Waals surface area contributed by atoms with E-state index in [1.165, 1.54) is 19.3 Å². The summed E-state index contributed by atoms with van der Waals surface area (Å²) >= 11 is 9.06. The molecule has 2 N–H and O–H groups in total. The molecule has 0 unspecified atom stereocenters. The number of sulfonamides is 1. The lowest BCUT2D eigenvalue weighted by molar-refractivity contribution is 0.594. The first kappa shape index (κ1) is 15.1. The van der Waals surface area contributed by atoms with Crippen molar-refractivity contribution in [3.63, 3.8) is 0 Å². The van der Waals surface area contributed by atoms with Crippen molar-refractivity contribution in [2.75, 3.05) is 17.1 Å². The number of pyridine rings is 1. The number of aromatic nitrogens is 1. The second kappa shape index (κ2) is 5.59. The highest BCUT2D eigenvalue weighted by molar-refractivity contribution is 9.10. The molecular weight excluding hydrogens is 366 g/mol. The maximum atomic E-state index is 12.6. The minimum Gasteiger partial charge on any atom is -0.383 e. The third-order valence-corrected chi connectivity index (χ3v) is 5.14. The van der Waals surface area contributed by atoms with Crippen molar-refractivity contribution in [1.29, 1.82) is 0 Å². The molecule has 0 radical (unpaired) electrons. The second-order valence-corrected chi connectivity index (χ2v) is 7.28. The van der Waals surface area contributed by atoms with E-state index in [9.17, 15) is 8.42 Å². The van der Waals surface area contributed by atoms with Crippen molar-refractivity contribution >= 4 is 49.1 Å². The maximum Gasteiger partial charge on any atom is 0.267 e. The van der Waals surface area contributed by atoms with E-state index in [2.05, 4.69) is 20.9 Å². The average molecular weight is 377 g/mol. The molecule has 0 atom stereocenters. The van der Waals surface area contributed by atoms with Gasteiger partial charge in [-0.15, -0.1) is 0 Å². The predicted molar refractivity (Wildman–Crippen MR) is 83.4 cm³/mol. The molecule has 5 nitrogen and oxygen atoms in total. The molecule has 0 aliphatic heterocycles. The topological polar surface area (TPSA) is 76.3 Å². The molecular formula is C12H11BrClN3O2S. The van der Waals surface area contributed by atoms with Gasteiger partial charge in [0.25, 0.3) is 10.0 Å². The van der Waals surface area contributed by atoms with Gasteiger partial charge in [0.2, 0.25) is 0 Å². The Balaban J connectivity index is 2.52. The number of nitrogens with zero attached hydrogens (tertiary/aromatic N) is 2. The Hall–Kier alpha value is -1.31. The molecule has 0 aliphatic rings. The first-order valence-corrected chi connectivity index (χ1v) is 8.09. The van der Waals surface area contributed by atoms with Crippen LogP contribution < -0.4 is 10.0 Å². The van der Waals surface area contributed by atoms with Gasteiger partial charge in [0, 0.05) is 22.7 Å². The van der Waals surface area contributed by atoms with E-state index in [1.807, 2.05) is 0 Å². The highest BCUT2D eigenvalue weighted by Gasteiger charge is 2.25. The first-order chi connectivity index (χ1) is 9.32. The third kappa shape index (κ3) is 2.89. The molecule has 0 saturated heterocycles. The molecule has 8 heteroatoms. The monoisotopic (exact) mass is 375 g/mol. The fraction of sp³-hybridized carbons (Fsp3) is 0.0833. The Morgan fingerprint density at radius 3 is 2.70 bits per heavy atom. The Morgan fingerprint density at radius 2 is 2.05 bits per heavy atom. The summed E-state index contributed by atoms with van der Waals surface area (Å²) in [4.78, 5) is 3.78. The van der Waals surface area contributed by atoms with E-state index >= 15 is 0 Å². The lowest BCUT2D eigenvalue weighted by Crippen LogP contribution is -2.27. The highest BCUT2D eigenvalue weighted by Crippen LogP contribution is 2.28. The van der Waals surface area contributed by atoms with Crippen LogP contribution in [0.4, 0.5) is 11.5 Å². The molecule has 2 aromatic rings. The number of benzene rings is 1. The van der Waals surface area contributed by atoms with Crippen LogP contribution in [0.15, 0.2) is 45.9 Å². The minimum absolute atomic E-state index is 0.0536. The smallest absolute Gasteiger partial charge is 0.267 e. The summed E-state index contributed by atoms with van der Waals surface area (Å²) in [5.41, 5.74) is 6.10. The Bertz CT molecular complexity index is 752. The molecule has 1 aromatic heterocycles. The quantitative estimate of drug-likeness (QED) is 0.893. The first-order valence-electron chi connectivity index (χ1n) is 5.48. The number of hydrogen-bond donors (Lipinski definition) is 1. The van der Waals surface area contributed by atoms with Gasteiger partial charge in [-0.3, -0.25) is 4.31 Å². The predicted octanol–water partition coefficient (Wildman–Crippen LogP) is 2.90. The SMILES string of the molecule is CN(c1cccc(Cl)c1)S(=O)(=O)c1cc(Br)cnc1N. The molecule has 2 rings (SSSR count). The zero-order chi connectivity index (χ0) is 14.9. The second-order valence-electron chi connectivity index (χ2n) is 3.99. The van der Waals surface area contributed by atoms with E-state index in [0.717, 1.165) is 4.31 Å². The van der Waals surface area contributed by atoms with E-state index in [4.69, 9.17) is 17.3 Å². The number of nitrogens with two attached hydrogens (primary N) is 1. The van der Waals surface area contributed by atoms with E-state index in [1.54, 1.807) is 24.3 Å². The lowest BCUT2D eigenvalue weighted by Gasteiger charge is -2.20. The van der Waals surface area contributed by atoms with Crippen molar-refractivity contribution < 1.29 is 8.42 Å². The van der Waals surface area contributed by atoms with Crippen LogP contribution in [0.25, 0.3) is 0 Å². The summed E-state index contributed by atoms with van der Waals surface area (Å²) in [5.74, 6) is -0.0536. The molecule has 1 aromatic carbocycles. The van der Waals surface area contributed by atoms with Crippen LogP contribution in [0.3, 0.4) is 0 Å². The maximum absolute atomic E-state index is 12.6. The number of nitrogen functional groups attached to an aromatic ring is 1. The zero-order valence-corrected chi connectivity index (χ0v) is 13.6. The zero-order valence-electron chi connectivity index (χ0n) is 10.4. The normalized spacial score (nSPS) is 11.3. The van der Waals surface area contributed by atoms with E-state index < -0.39 is 10.0 Å². The summed E-state index contributed by atoms with van der Waals surface area (Å²) in [5, 5.41) is 0.449. The summed E-state index contributed by atoms with van der Waals surface area (Å²) in [6, 6.07) is 7.96. The van der Waals surface area contributed by atoms with Gasteiger partial charge in [0.15, 0.2) is 0 Å². The van der Waals surface area contributed by atoms with Gasteiger partial charge in [-0.1, -0.05) is 17.7 Å². The average Bonchev–Trinajstić information content (AvgIpc) is 2.40. The number of rotatable bonds is 3. The van der Waals surface area contributed by atoms with Crippen LogP contribution in [0.5, 0.6) is 0 Å². The van der Waals surface area contributed by atoms with Gasteiger partial charge in [-0.2, -0.15) is 0 Å². The number of hydrogen-bond acceptors (Lipinski definition) is 4. The minimum atomic E-state index is -3.80. The Labute approximate surface area is 130 Å². The number of anilines is 2. The molecule has 106 valence electrons. The fourth-order valence-corrected chi connectivity index (χ4v) is 3.54. The molecule has 20 heavy (non-hydrogen) atoms. The van der Waals surface area contributed by atoms with E-state index in [-0.39, 0.29) is 10.7 Å². The Morgan fingerprint density at radius 1 is 1.35 bits per heavy atom. The van der Waals surface area contributed by atoms with Gasteiger partial charge in [0.1, 0.15) is 10.7 Å². The summed E-state index contributed by atoms with van der Waals surface area (Å²) in [6.07, 6.45) is 1.44. The van der Waals surface area contributed by atoms with Crippen LogP contribution in [0, 0.1) is 0 Å². The molecule has 0 spiro atoms. The molecule has 0 fully saturated rings. The number of halogens is 2. The van der Waals surface area contributed by atoms with Crippen LogP contribution in [-0.2, 0) is 10.0 Å². The van der Waals surface area contributed by atoms with Crippen molar-refractivity contribution in [3.8, 4) is 0 Å². The van der Waals surface area contributed by atoms with Crippen LogP contribution >= 0.6 is 27.5 Å². The standard InChI is InChI=1S/C12H11BrClN3O2S/c1-17(10-4-2-3-9(14)6-10)20(18,19)11-5-8(13)7-16-12(11)15/h2-7H,1H3,(H2,15,16). The van der Waals surface area contributed by atoms with Crippen LogP contribution in [0.1, 0.15) is 0 Å². The van der Waals surface area contributed by atoms with Crippen LogP contribution in [0.2, 0.25) is 5.02 Å². The highest BCUT2D eigenvalue weighted by atomic mass is 79.9. The van der Waals surface area contributed by atoms with Crippen molar-refractivity contribution in [2.45, 2.75) is 4.90 Å². The Kier molecular flexibility index (Phi) is 4.22. The van der Waals surface area contributed by atoms with Gasteiger partial charge in [0.05, 0.1) is 5.69 Å². The van der Waals surface area contributed by atoms with Gasteiger partial charge in [-0.05, 0) is 40.2 Å². The molecule has 0 bridgehead atoms. The largest absolute Gasteiger partial charge is 0.383 e. The summed E-state index contributed by atoms with van der Waals surface area (Å²) < 4.78 is 26.8. The van der Waals surface area contributed by atoms with Crippen LogP contribution in [-0.4, -0.2) is 20.4 Å². The third-order valence-electron chi connectivity index (χ3n) is 2.66. The molecule has 0 saturated carbocycles. The molecule has 0 aliphatic carbocycles. The van der Waals surface area contributed by atoms with Crippen molar-refractivity contribution in [2.24, 2.45) is 0 Å². The lowest BCUT2D eigenvalue weighted by atomic mass is 10.3. The van der Waals surface area contributed by atoms with E-state index in [0.29, 0.717) is 15.2 Å². The molecule has 1 heterocycles. The van der Waals surface area contributed by atoms with Gasteiger partial charge < -0.3 is 5.73 Å². The summed E-state index contributed by atoms with van der Waals surface area (Å²) in [7, 11) is -2.37. The summed E-state index contributed by atoms with van der Waals surface area (Å²) in [6.45, 7) is 0.